The van der Waals surface area contributed by atoms with Gasteiger partial charge >= 0.3 is 0 Å². The number of anilines is 1. The summed E-state index contributed by atoms with van der Waals surface area (Å²) in [5.74, 6) is 0.477. The number of hydrogen-bond donors (Lipinski definition) is 2. The minimum atomic E-state index is -0.349. The van der Waals surface area contributed by atoms with Gasteiger partial charge in [-0.15, -0.1) is 0 Å². The normalized spacial score (nSPS) is 10.9. The monoisotopic (exact) mass is 675 g/mol. The van der Waals surface area contributed by atoms with Crippen LogP contribution in [-0.4, -0.2) is 12.1 Å². The van der Waals surface area contributed by atoms with Gasteiger partial charge in [0.1, 0.15) is 12.4 Å². The Hall–Kier alpha value is -1.66. The Bertz CT molecular complexity index is 1030. The minimum absolute atomic E-state index is 0.349. The Morgan fingerprint density at radius 2 is 1.76 bits per heavy atom. The molecule has 8 heteroatoms. The van der Waals surface area contributed by atoms with Crippen LogP contribution in [0.4, 0.5) is 5.69 Å². The highest BCUT2D eigenvalue weighted by Gasteiger charge is 2.10. The first-order valence-corrected chi connectivity index (χ1v) is 11.4. The highest BCUT2D eigenvalue weighted by atomic mass is 127. The quantitative estimate of drug-likeness (QED) is 0.155. The smallest absolute Gasteiger partial charge is 0.273 e. The highest BCUT2D eigenvalue weighted by Crippen LogP contribution is 2.29. The lowest BCUT2D eigenvalue weighted by Crippen LogP contribution is -2.19. The molecular formula is C21H16BrI2N3O2. The molecule has 0 heterocycles. The molecule has 3 aromatic carbocycles. The lowest BCUT2D eigenvalue weighted by Gasteiger charge is -2.11. The SMILES string of the molecule is Nc1ccccc1C(=O)N/N=C\c1cc(I)c(OCc2ccc(Br)cc2)c(I)c1. The van der Waals surface area contributed by atoms with Crippen molar-refractivity contribution in [3.63, 3.8) is 0 Å². The summed E-state index contributed by atoms with van der Waals surface area (Å²) < 4.78 is 8.97. The van der Waals surface area contributed by atoms with Crippen LogP contribution in [0.25, 0.3) is 0 Å². The zero-order chi connectivity index (χ0) is 20.8. The molecule has 1 amide bonds. The van der Waals surface area contributed by atoms with Crippen LogP contribution in [0.3, 0.4) is 0 Å². The van der Waals surface area contributed by atoms with Gasteiger partial charge in [-0.05, 0) is 92.7 Å². The zero-order valence-corrected chi connectivity index (χ0v) is 20.9. The van der Waals surface area contributed by atoms with Crippen LogP contribution in [0.15, 0.2) is 70.2 Å². The number of nitrogen functional groups attached to an aromatic ring is 1. The average Bonchev–Trinajstić information content (AvgIpc) is 2.69. The standard InChI is InChI=1S/C21H16BrI2N3O2/c22-15-7-5-13(6-8-15)12-29-20-17(23)9-14(10-18(20)24)11-26-27-21(28)16-3-1-2-4-19(16)25/h1-11H,12,25H2,(H,27,28)/b26-11-. The molecule has 0 aliphatic heterocycles. The predicted octanol–water partition coefficient (Wildman–Crippen LogP) is 5.58. The summed E-state index contributed by atoms with van der Waals surface area (Å²) in [6.45, 7) is 0.487. The molecule has 3 rings (SSSR count). The van der Waals surface area contributed by atoms with Gasteiger partial charge in [-0.1, -0.05) is 40.2 Å². The Labute approximate surface area is 204 Å². The maximum absolute atomic E-state index is 12.2. The van der Waals surface area contributed by atoms with Crippen molar-refractivity contribution >= 4 is 78.9 Å². The molecular weight excluding hydrogens is 660 g/mol. The number of hydrogen-bond acceptors (Lipinski definition) is 4. The van der Waals surface area contributed by atoms with E-state index < -0.39 is 0 Å². The van der Waals surface area contributed by atoms with E-state index in [0.29, 0.717) is 17.9 Å². The fraction of sp³-hybridized carbons (Fsp3) is 0.0476. The van der Waals surface area contributed by atoms with Crippen molar-refractivity contribution < 1.29 is 9.53 Å². The summed E-state index contributed by atoms with van der Waals surface area (Å²) >= 11 is 7.90. The van der Waals surface area contributed by atoms with Crippen molar-refractivity contribution in [1.82, 2.24) is 5.43 Å². The van der Waals surface area contributed by atoms with Crippen LogP contribution in [0.2, 0.25) is 0 Å². The number of hydrazone groups is 1. The molecule has 0 saturated carbocycles. The average molecular weight is 676 g/mol. The molecule has 3 aromatic rings. The van der Waals surface area contributed by atoms with E-state index in [0.717, 1.165) is 28.5 Å². The fourth-order valence-electron chi connectivity index (χ4n) is 2.46. The molecule has 0 radical (unpaired) electrons. The topological polar surface area (TPSA) is 76.7 Å². The molecule has 0 bridgehead atoms. The number of ether oxygens (including phenoxy) is 1. The first-order valence-electron chi connectivity index (χ1n) is 8.48. The van der Waals surface area contributed by atoms with Crippen molar-refractivity contribution in [2.24, 2.45) is 5.10 Å². The van der Waals surface area contributed by atoms with Crippen molar-refractivity contribution in [3.05, 3.63) is 89.0 Å². The second-order valence-electron chi connectivity index (χ2n) is 6.02. The summed E-state index contributed by atoms with van der Waals surface area (Å²) in [4.78, 5) is 12.2. The molecule has 148 valence electrons. The molecule has 0 saturated heterocycles. The van der Waals surface area contributed by atoms with Gasteiger partial charge in [0, 0.05) is 10.2 Å². The molecule has 29 heavy (non-hydrogen) atoms. The third kappa shape index (κ3) is 6.16. The number of carbonyl (C=O) groups is 1. The van der Waals surface area contributed by atoms with Crippen molar-refractivity contribution in [3.8, 4) is 5.75 Å². The van der Waals surface area contributed by atoms with Gasteiger partial charge in [-0.3, -0.25) is 4.79 Å². The van der Waals surface area contributed by atoms with Gasteiger partial charge < -0.3 is 10.5 Å². The summed E-state index contributed by atoms with van der Waals surface area (Å²) in [5, 5.41) is 4.04. The third-order valence-electron chi connectivity index (χ3n) is 3.90. The molecule has 0 aliphatic carbocycles. The van der Waals surface area contributed by atoms with E-state index in [1.54, 1.807) is 30.5 Å². The lowest BCUT2D eigenvalue weighted by molar-refractivity contribution is 0.0956. The number of nitrogens with zero attached hydrogens (tertiary/aromatic N) is 1. The maximum Gasteiger partial charge on any atom is 0.273 e. The van der Waals surface area contributed by atoms with E-state index in [-0.39, 0.29) is 5.91 Å². The van der Waals surface area contributed by atoms with Gasteiger partial charge in [0.05, 0.1) is 18.9 Å². The molecule has 5 nitrogen and oxygen atoms in total. The summed E-state index contributed by atoms with van der Waals surface area (Å²) in [6, 6.07) is 18.8. The summed E-state index contributed by atoms with van der Waals surface area (Å²) in [7, 11) is 0. The first kappa shape index (κ1) is 22.0. The maximum atomic E-state index is 12.2. The molecule has 0 atom stereocenters. The van der Waals surface area contributed by atoms with E-state index in [1.165, 1.54) is 0 Å². The Kier molecular flexibility index (Phi) is 7.90. The van der Waals surface area contributed by atoms with E-state index in [1.807, 2.05) is 36.4 Å². The van der Waals surface area contributed by atoms with Crippen molar-refractivity contribution in [2.45, 2.75) is 6.61 Å². The molecule has 0 unspecified atom stereocenters. The molecule has 0 spiro atoms. The van der Waals surface area contributed by atoms with Gasteiger partial charge in [0.15, 0.2) is 0 Å². The van der Waals surface area contributed by atoms with E-state index in [2.05, 4.69) is 71.6 Å². The number of rotatable bonds is 6. The van der Waals surface area contributed by atoms with Crippen LogP contribution in [0.1, 0.15) is 21.5 Å². The van der Waals surface area contributed by atoms with Crippen LogP contribution in [-0.2, 0) is 6.61 Å². The fourth-order valence-corrected chi connectivity index (χ4v) is 4.85. The van der Waals surface area contributed by atoms with Gasteiger partial charge in [-0.2, -0.15) is 5.10 Å². The molecule has 0 aromatic heterocycles. The first-order chi connectivity index (χ1) is 13.9. The number of benzene rings is 3. The van der Waals surface area contributed by atoms with Crippen LogP contribution in [0, 0.1) is 7.14 Å². The second-order valence-corrected chi connectivity index (χ2v) is 9.26. The molecule has 0 fully saturated rings. The van der Waals surface area contributed by atoms with Gasteiger partial charge in [0.2, 0.25) is 0 Å². The summed E-state index contributed by atoms with van der Waals surface area (Å²) in [6.07, 6.45) is 1.60. The number of nitrogens with one attached hydrogen (secondary N) is 1. The van der Waals surface area contributed by atoms with E-state index in [9.17, 15) is 4.79 Å². The van der Waals surface area contributed by atoms with Crippen LogP contribution in [0.5, 0.6) is 5.75 Å². The van der Waals surface area contributed by atoms with E-state index >= 15 is 0 Å². The lowest BCUT2D eigenvalue weighted by atomic mass is 10.2. The van der Waals surface area contributed by atoms with E-state index in [4.69, 9.17) is 10.5 Å². The Morgan fingerprint density at radius 1 is 1.10 bits per heavy atom. The molecule has 0 aliphatic rings. The number of nitrogens with two attached hydrogens (primary N) is 1. The molecule has 3 N–H and O–H groups in total. The number of para-hydroxylation sites is 1. The zero-order valence-electron chi connectivity index (χ0n) is 15.0. The number of amides is 1. The summed E-state index contributed by atoms with van der Waals surface area (Å²) in [5.41, 5.74) is 11.1. The van der Waals surface area contributed by atoms with Crippen LogP contribution >= 0.6 is 61.1 Å². The Balaban J connectivity index is 1.65. The van der Waals surface area contributed by atoms with Gasteiger partial charge in [-0.25, -0.2) is 5.43 Å². The predicted molar refractivity (Wildman–Crippen MR) is 136 cm³/mol. The minimum Gasteiger partial charge on any atom is -0.487 e. The largest absolute Gasteiger partial charge is 0.487 e. The second kappa shape index (κ2) is 10.4. The number of halogens is 3. The van der Waals surface area contributed by atoms with Crippen LogP contribution < -0.4 is 15.9 Å². The van der Waals surface area contributed by atoms with Crippen molar-refractivity contribution in [2.75, 3.05) is 5.73 Å². The van der Waals surface area contributed by atoms with Crippen molar-refractivity contribution in [1.29, 1.82) is 0 Å². The third-order valence-corrected chi connectivity index (χ3v) is 6.03. The number of carbonyl (C=O) groups excluding carboxylic acids is 1. The van der Waals surface area contributed by atoms with Gasteiger partial charge in [0.25, 0.3) is 5.91 Å². The highest BCUT2D eigenvalue weighted by molar-refractivity contribution is 14.1. The Morgan fingerprint density at radius 3 is 2.41 bits per heavy atom.